The highest BCUT2D eigenvalue weighted by atomic mass is 16.6. The number of ether oxygens (including phenoxy) is 3. The Labute approximate surface area is 467 Å². The van der Waals surface area contributed by atoms with Crippen molar-refractivity contribution < 1.29 is 28.6 Å². The van der Waals surface area contributed by atoms with E-state index in [4.69, 9.17) is 14.2 Å². The molecule has 0 aliphatic rings. The second-order valence-corrected chi connectivity index (χ2v) is 22.7. The Kier molecular flexibility index (Phi) is 62.1. The molecule has 0 rings (SSSR count). The van der Waals surface area contributed by atoms with E-state index in [-0.39, 0.29) is 31.1 Å². The molecule has 0 amide bonds. The summed E-state index contributed by atoms with van der Waals surface area (Å²) >= 11 is 0. The van der Waals surface area contributed by atoms with Crippen molar-refractivity contribution in [2.24, 2.45) is 0 Å². The molecule has 0 saturated heterocycles. The van der Waals surface area contributed by atoms with Gasteiger partial charge < -0.3 is 14.2 Å². The summed E-state index contributed by atoms with van der Waals surface area (Å²) in [7, 11) is 0. The molecule has 0 aliphatic heterocycles. The fraction of sp³-hybridized carbons (Fsp3) is 0.870. The van der Waals surface area contributed by atoms with Crippen LogP contribution in [0.25, 0.3) is 0 Å². The Bertz CT molecular complexity index is 1250. The van der Waals surface area contributed by atoms with Gasteiger partial charge in [-0.15, -0.1) is 0 Å². The van der Waals surface area contributed by atoms with E-state index in [1.807, 2.05) is 0 Å². The van der Waals surface area contributed by atoms with Crippen LogP contribution >= 0.6 is 0 Å². The molecule has 0 bridgehead atoms. The van der Waals surface area contributed by atoms with Crippen molar-refractivity contribution in [3.8, 4) is 0 Å². The van der Waals surface area contributed by atoms with Crippen LogP contribution in [-0.4, -0.2) is 37.2 Å². The van der Waals surface area contributed by atoms with Crippen molar-refractivity contribution in [2.45, 2.75) is 374 Å². The lowest BCUT2D eigenvalue weighted by Gasteiger charge is -2.18. The largest absolute Gasteiger partial charge is 0.462 e. The topological polar surface area (TPSA) is 78.9 Å². The summed E-state index contributed by atoms with van der Waals surface area (Å²) in [6, 6.07) is 0. The lowest BCUT2D eigenvalue weighted by molar-refractivity contribution is -0.167. The van der Waals surface area contributed by atoms with E-state index < -0.39 is 6.10 Å². The monoisotopic (exact) mass is 1050 g/mol. The van der Waals surface area contributed by atoms with Gasteiger partial charge in [-0.05, 0) is 57.8 Å². The zero-order valence-corrected chi connectivity index (χ0v) is 50.6. The van der Waals surface area contributed by atoms with Crippen LogP contribution in [0.15, 0.2) is 36.5 Å². The fourth-order valence-corrected chi connectivity index (χ4v) is 10.1. The third kappa shape index (κ3) is 62.4. The zero-order valence-electron chi connectivity index (χ0n) is 50.6. The SMILES string of the molecule is CCCCCCC/C=C\C/C=C\C/C=C\CCCCCCCCCCCCC(=O)OCC(COC(=O)CCCCCCCCCCCCCCCCC)OC(=O)CCCCCCCCCCCCCCCCCCC. The van der Waals surface area contributed by atoms with E-state index in [1.165, 1.54) is 257 Å². The number of hydrogen-bond acceptors (Lipinski definition) is 6. The maximum atomic E-state index is 12.9. The molecular formula is C69H128O6. The van der Waals surface area contributed by atoms with Crippen LogP contribution in [0.3, 0.4) is 0 Å². The van der Waals surface area contributed by atoms with Crippen molar-refractivity contribution in [1.82, 2.24) is 0 Å². The highest BCUT2D eigenvalue weighted by Gasteiger charge is 2.19. The van der Waals surface area contributed by atoms with E-state index >= 15 is 0 Å². The number of hydrogen-bond donors (Lipinski definition) is 0. The Morgan fingerprint density at radius 2 is 0.480 bits per heavy atom. The van der Waals surface area contributed by atoms with Gasteiger partial charge in [-0.1, -0.05) is 327 Å². The highest BCUT2D eigenvalue weighted by Crippen LogP contribution is 2.18. The average Bonchev–Trinajstić information content (AvgIpc) is 3.41. The van der Waals surface area contributed by atoms with Crippen LogP contribution in [0, 0.1) is 0 Å². The Balaban J connectivity index is 4.28. The van der Waals surface area contributed by atoms with E-state index in [0.29, 0.717) is 19.3 Å². The quantitative estimate of drug-likeness (QED) is 0.0261. The maximum absolute atomic E-state index is 12.9. The normalized spacial score (nSPS) is 12.2. The van der Waals surface area contributed by atoms with Crippen LogP contribution in [0.2, 0.25) is 0 Å². The number of rotatable bonds is 62. The van der Waals surface area contributed by atoms with Crippen LogP contribution in [0.4, 0.5) is 0 Å². The molecule has 1 atom stereocenters. The van der Waals surface area contributed by atoms with Gasteiger partial charge in [0, 0.05) is 19.3 Å². The summed E-state index contributed by atoms with van der Waals surface area (Å²) < 4.78 is 17.0. The number of unbranched alkanes of at least 4 members (excludes halogenated alkanes) is 45. The second kappa shape index (κ2) is 64.2. The minimum absolute atomic E-state index is 0.0671. The smallest absolute Gasteiger partial charge is 0.306 e. The number of carbonyl (C=O) groups excluding carboxylic acids is 3. The lowest BCUT2D eigenvalue weighted by Crippen LogP contribution is -2.30. The van der Waals surface area contributed by atoms with Crippen molar-refractivity contribution in [3.05, 3.63) is 36.5 Å². The van der Waals surface area contributed by atoms with E-state index in [9.17, 15) is 14.4 Å². The molecule has 0 aliphatic carbocycles. The number of esters is 3. The maximum Gasteiger partial charge on any atom is 0.306 e. The molecule has 0 aromatic rings. The number of allylic oxidation sites excluding steroid dienone is 6. The molecule has 0 fully saturated rings. The average molecular weight is 1050 g/mol. The third-order valence-corrected chi connectivity index (χ3v) is 15.1. The highest BCUT2D eigenvalue weighted by molar-refractivity contribution is 5.71. The predicted octanol–water partition coefficient (Wildman–Crippen LogP) is 22.8. The van der Waals surface area contributed by atoms with E-state index in [0.717, 1.165) is 70.6 Å². The molecular weight excluding hydrogens is 925 g/mol. The summed E-state index contributed by atoms with van der Waals surface area (Å²) in [5, 5.41) is 0. The van der Waals surface area contributed by atoms with Gasteiger partial charge >= 0.3 is 17.9 Å². The van der Waals surface area contributed by atoms with Crippen molar-refractivity contribution in [1.29, 1.82) is 0 Å². The molecule has 440 valence electrons. The van der Waals surface area contributed by atoms with Gasteiger partial charge in [0.05, 0.1) is 0 Å². The van der Waals surface area contributed by atoms with Gasteiger partial charge in [0.25, 0.3) is 0 Å². The molecule has 0 saturated carbocycles. The van der Waals surface area contributed by atoms with Crippen LogP contribution in [0.5, 0.6) is 0 Å². The van der Waals surface area contributed by atoms with Gasteiger partial charge in [-0.3, -0.25) is 14.4 Å². The molecule has 0 N–H and O–H groups in total. The molecule has 0 aromatic carbocycles. The van der Waals surface area contributed by atoms with Gasteiger partial charge in [0.1, 0.15) is 13.2 Å². The van der Waals surface area contributed by atoms with E-state index in [2.05, 4.69) is 57.2 Å². The van der Waals surface area contributed by atoms with Gasteiger partial charge in [0.2, 0.25) is 0 Å². The summed E-state index contributed by atoms with van der Waals surface area (Å²) in [5.74, 6) is -0.843. The van der Waals surface area contributed by atoms with Gasteiger partial charge in [-0.2, -0.15) is 0 Å². The molecule has 0 heterocycles. The van der Waals surface area contributed by atoms with Crippen molar-refractivity contribution >= 4 is 17.9 Å². The molecule has 0 radical (unpaired) electrons. The first-order chi connectivity index (χ1) is 37.0. The van der Waals surface area contributed by atoms with Crippen LogP contribution < -0.4 is 0 Å². The summed E-state index contributed by atoms with van der Waals surface area (Å²) in [4.78, 5) is 38.4. The van der Waals surface area contributed by atoms with Gasteiger partial charge in [-0.25, -0.2) is 0 Å². The summed E-state index contributed by atoms with van der Waals surface area (Å²) in [6.45, 7) is 6.70. The molecule has 6 heteroatoms. The first-order valence-corrected chi connectivity index (χ1v) is 33.5. The van der Waals surface area contributed by atoms with E-state index in [1.54, 1.807) is 0 Å². The van der Waals surface area contributed by atoms with Gasteiger partial charge in [0.15, 0.2) is 6.10 Å². The molecule has 75 heavy (non-hydrogen) atoms. The molecule has 0 spiro atoms. The lowest BCUT2D eigenvalue weighted by atomic mass is 10.0. The second-order valence-electron chi connectivity index (χ2n) is 22.7. The predicted molar refractivity (Wildman–Crippen MR) is 326 cm³/mol. The third-order valence-electron chi connectivity index (χ3n) is 15.1. The molecule has 1 unspecified atom stereocenters. The first-order valence-electron chi connectivity index (χ1n) is 33.5. The van der Waals surface area contributed by atoms with Crippen molar-refractivity contribution in [3.63, 3.8) is 0 Å². The zero-order chi connectivity index (χ0) is 54.3. The fourth-order valence-electron chi connectivity index (χ4n) is 10.1. The summed E-state index contributed by atoms with van der Waals surface area (Å²) in [5.41, 5.74) is 0. The van der Waals surface area contributed by atoms with Crippen LogP contribution in [-0.2, 0) is 28.6 Å². The molecule has 0 aromatic heterocycles. The Morgan fingerprint density at radius 1 is 0.267 bits per heavy atom. The Hall–Kier alpha value is -2.37. The Morgan fingerprint density at radius 3 is 0.747 bits per heavy atom. The first kappa shape index (κ1) is 72.6. The standard InChI is InChI=1S/C69H128O6/c1-4-7-10-13-16-19-22-25-28-30-31-32-33-34-35-36-37-39-41-44-47-50-53-56-59-62-68(71)74-65-66(64-73-67(70)61-58-55-52-49-46-43-40-27-24-21-18-15-12-9-6-3)75-69(72)63-60-57-54-51-48-45-42-38-29-26-23-20-17-14-11-8-5-2/h22,25,30-31,33-34,66H,4-21,23-24,26-29,32,35-65H2,1-3H3/b25-22-,31-30-,34-33-. The number of carbonyl (C=O) groups is 3. The minimum atomic E-state index is -0.770. The summed E-state index contributed by atoms with van der Waals surface area (Å²) in [6.07, 6.45) is 78.6. The van der Waals surface area contributed by atoms with Crippen molar-refractivity contribution in [2.75, 3.05) is 13.2 Å². The van der Waals surface area contributed by atoms with Crippen LogP contribution in [0.1, 0.15) is 367 Å². The minimum Gasteiger partial charge on any atom is -0.462 e. The molecule has 6 nitrogen and oxygen atoms in total.